The highest BCUT2D eigenvalue weighted by Gasteiger charge is 1.95. The predicted molar refractivity (Wildman–Crippen MR) is 46.4 cm³/mol. The van der Waals surface area contributed by atoms with Gasteiger partial charge in [-0.2, -0.15) is 0 Å². The molecule has 0 aliphatic carbocycles. The highest BCUT2D eigenvalue weighted by molar-refractivity contribution is 9.09. The maximum absolute atomic E-state index is 4.15. The van der Waals surface area contributed by atoms with E-state index in [1.54, 1.807) is 6.20 Å². The summed E-state index contributed by atoms with van der Waals surface area (Å²) in [6.45, 7) is 0. The molecule has 0 aliphatic heterocycles. The van der Waals surface area contributed by atoms with Crippen molar-refractivity contribution < 1.29 is 0 Å². The zero-order valence-corrected chi connectivity index (χ0v) is 7.37. The lowest BCUT2D eigenvalue weighted by Gasteiger charge is -2.12. The van der Waals surface area contributed by atoms with Crippen LogP contribution in [0.15, 0.2) is 24.4 Å². The zero-order valence-electron chi connectivity index (χ0n) is 5.79. The number of halogens is 1. The van der Waals surface area contributed by atoms with Crippen LogP contribution in [0.5, 0.6) is 0 Å². The molecule has 1 rings (SSSR count). The molecule has 0 N–H and O–H groups in total. The first kappa shape index (κ1) is 7.54. The summed E-state index contributed by atoms with van der Waals surface area (Å²) in [5.41, 5.74) is 0.810. The average molecular weight is 201 g/mol. The first-order valence-corrected chi connectivity index (χ1v) is 4.15. The van der Waals surface area contributed by atoms with Gasteiger partial charge in [0.25, 0.3) is 0 Å². The van der Waals surface area contributed by atoms with Crippen molar-refractivity contribution >= 4 is 21.7 Å². The van der Waals surface area contributed by atoms with Crippen LogP contribution in [0.25, 0.3) is 0 Å². The second kappa shape index (κ2) is 3.56. The molecule has 1 aromatic heterocycles. The van der Waals surface area contributed by atoms with Gasteiger partial charge in [-0.25, -0.2) is 4.98 Å². The molecule has 0 aliphatic rings. The van der Waals surface area contributed by atoms with E-state index in [1.165, 1.54) is 0 Å². The monoisotopic (exact) mass is 200 g/mol. The maximum Gasteiger partial charge on any atom is 0.128 e. The van der Waals surface area contributed by atoms with Crippen molar-refractivity contribution in [3.63, 3.8) is 0 Å². The lowest BCUT2D eigenvalue weighted by Crippen LogP contribution is -2.14. The minimum absolute atomic E-state index is 0.810. The Hall–Kier alpha value is -0.570. The van der Waals surface area contributed by atoms with Crippen LogP contribution in [-0.2, 0) is 0 Å². The van der Waals surface area contributed by atoms with Gasteiger partial charge in [-0.1, -0.05) is 22.0 Å². The number of hydrogen-bond acceptors (Lipinski definition) is 2. The third-order valence-corrected chi connectivity index (χ3v) is 1.97. The molecule has 0 saturated carbocycles. The smallest absolute Gasteiger partial charge is 0.128 e. The van der Waals surface area contributed by atoms with Crippen LogP contribution in [0.4, 0.5) is 5.82 Å². The molecule has 3 heteroatoms. The van der Waals surface area contributed by atoms with Gasteiger partial charge in [0.15, 0.2) is 0 Å². The first-order valence-electron chi connectivity index (χ1n) is 3.02. The normalized spacial score (nSPS) is 9.40. The molecule has 0 atom stereocenters. The quantitative estimate of drug-likeness (QED) is 0.536. The molecule has 54 valence electrons. The fourth-order valence-corrected chi connectivity index (χ4v) is 0.898. The van der Waals surface area contributed by atoms with Gasteiger partial charge in [-0.05, 0) is 12.1 Å². The van der Waals surface area contributed by atoms with Crippen LogP contribution in [0.2, 0.25) is 0 Å². The lowest BCUT2D eigenvalue weighted by molar-refractivity contribution is 1.05. The SMILES string of the molecule is CN(CBr)c1ccccn1. The molecule has 2 nitrogen and oxygen atoms in total. The Morgan fingerprint density at radius 3 is 2.90 bits per heavy atom. The van der Waals surface area contributed by atoms with Gasteiger partial charge >= 0.3 is 0 Å². The summed E-state index contributed by atoms with van der Waals surface area (Å²) in [6, 6.07) is 5.86. The third-order valence-electron chi connectivity index (χ3n) is 1.22. The fourth-order valence-electron chi connectivity index (χ4n) is 0.641. The number of hydrogen-bond donors (Lipinski definition) is 0. The minimum atomic E-state index is 0.810. The van der Waals surface area contributed by atoms with E-state index in [-0.39, 0.29) is 0 Å². The Balaban J connectivity index is 2.75. The Kier molecular flexibility index (Phi) is 2.68. The van der Waals surface area contributed by atoms with E-state index in [9.17, 15) is 0 Å². The second-order valence-corrected chi connectivity index (χ2v) is 2.51. The molecule has 0 saturated heterocycles. The molecule has 0 amide bonds. The molecule has 1 aromatic rings. The molecule has 0 aromatic carbocycles. The Morgan fingerprint density at radius 2 is 2.40 bits per heavy atom. The van der Waals surface area contributed by atoms with E-state index >= 15 is 0 Å². The molecule has 1 heterocycles. The largest absolute Gasteiger partial charge is 0.350 e. The standard InChI is InChI=1S/C7H9BrN2/c1-10(6-8)7-4-2-3-5-9-7/h2-5H,6H2,1H3. The van der Waals surface area contributed by atoms with Gasteiger partial charge < -0.3 is 4.90 Å². The number of anilines is 1. The molecule has 0 unspecified atom stereocenters. The van der Waals surface area contributed by atoms with Gasteiger partial charge in [0, 0.05) is 13.2 Å². The van der Waals surface area contributed by atoms with Crippen LogP contribution in [-0.4, -0.2) is 17.5 Å². The maximum atomic E-state index is 4.15. The van der Waals surface area contributed by atoms with Crippen LogP contribution < -0.4 is 4.90 Å². The first-order chi connectivity index (χ1) is 4.84. The Labute approximate surface area is 69.0 Å². The zero-order chi connectivity index (χ0) is 7.40. The summed E-state index contributed by atoms with van der Waals surface area (Å²) in [5.74, 6) is 0.986. The van der Waals surface area contributed by atoms with Crippen LogP contribution >= 0.6 is 15.9 Å². The number of pyridine rings is 1. The third kappa shape index (κ3) is 1.70. The van der Waals surface area contributed by atoms with Gasteiger partial charge in [-0.3, -0.25) is 0 Å². The van der Waals surface area contributed by atoms with Crippen molar-refractivity contribution in [1.29, 1.82) is 0 Å². The topological polar surface area (TPSA) is 16.1 Å². The molecule has 0 bridgehead atoms. The van der Waals surface area contributed by atoms with Gasteiger partial charge in [0.05, 0.1) is 5.45 Å². The summed E-state index contributed by atoms with van der Waals surface area (Å²) in [5, 5.41) is 0. The molecular formula is C7H9BrN2. The van der Waals surface area contributed by atoms with Crippen molar-refractivity contribution in [2.24, 2.45) is 0 Å². The average Bonchev–Trinajstić information content (AvgIpc) is 2.05. The number of nitrogens with zero attached hydrogens (tertiary/aromatic N) is 2. The number of alkyl halides is 1. The molecule has 10 heavy (non-hydrogen) atoms. The Bertz CT molecular complexity index is 188. The van der Waals surface area contributed by atoms with Gasteiger partial charge in [0.1, 0.15) is 5.82 Å². The van der Waals surface area contributed by atoms with E-state index in [4.69, 9.17) is 0 Å². The second-order valence-electron chi connectivity index (χ2n) is 2.01. The highest BCUT2D eigenvalue weighted by atomic mass is 79.9. The van der Waals surface area contributed by atoms with Crippen molar-refractivity contribution in [3.05, 3.63) is 24.4 Å². The van der Waals surface area contributed by atoms with Crippen molar-refractivity contribution in [2.75, 3.05) is 17.4 Å². The summed E-state index contributed by atoms with van der Waals surface area (Å²) >= 11 is 3.34. The molecule has 0 spiro atoms. The number of aromatic nitrogens is 1. The van der Waals surface area contributed by atoms with Crippen LogP contribution in [0, 0.1) is 0 Å². The highest BCUT2D eigenvalue weighted by Crippen LogP contribution is 2.06. The molecular weight excluding hydrogens is 192 g/mol. The number of rotatable bonds is 2. The minimum Gasteiger partial charge on any atom is -0.350 e. The predicted octanol–water partition coefficient (Wildman–Crippen LogP) is 1.87. The van der Waals surface area contributed by atoms with Crippen molar-refractivity contribution in [1.82, 2.24) is 4.98 Å². The van der Waals surface area contributed by atoms with E-state index in [0.29, 0.717) is 0 Å². The fraction of sp³-hybridized carbons (Fsp3) is 0.286. The van der Waals surface area contributed by atoms with Crippen molar-refractivity contribution in [3.8, 4) is 0 Å². The van der Waals surface area contributed by atoms with E-state index in [0.717, 1.165) is 11.3 Å². The molecule has 0 fully saturated rings. The summed E-state index contributed by atoms with van der Waals surface area (Å²) in [7, 11) is 1.98. The van der Waals surface area contributed by atoms with Crippen LogP contribution in [0.3, 0.4) is 0 Å². The van der Waals surface area contributed by atoms with E-state index in [1.807, 2.05) is 30.1 Å². The van der Waals surface area contributed by atoms with Gasteiger partial charge in [-0.15, -0.1) is 0 Å². The van der Waals surface area contributed by atoms with E-state index < -0.39 is 0 Å². The Morgan fingerprint density at radius 1 is 1.60 bits per heavy atom. The summed E-state index contributed by atoms with van der Waals surface area (Å²) in [4.78, 5) is 6.16. The summed E-state index contributed by atoms with van der Waals surface area (Å²) in [6.07, 6.45) is 1.79. The molecule has 0 radical (unpaired) electrons. The van der Waals surface area contributed by atoms with E-state index in [2.05, 4.69) is 20.9 Å². The van der Waals surface area contributed by atoms with Gasteiger partial charge in [0.2, 0.25) is 0 Å². The summed E-state index contributed by atoms with van der Waals surface area (Å²) < 4.78 is 0. The van der Waals surface area contributed by atoms with Crippen LogP contribution in [0.1, 0.15) is 0 Å². The lowest BCUT2D eigenvalue weighted by atomic mass is 10.4. The van der Waals surface area contributed by atoms with Crippen molar-refractivity contribution in [2.45, 2.75) is 0 Å².